The third-order valence-electron chi connectivity index (χ3n) is 3.34. The summed E-state index contributed by atoms with van der Waals surface area (Å²) >= 11 is 6.18. The predicted octanol–water partition coefficient (Wildman–Crippen LogP) is 1.09. The number of rotatable bonds is 6. The molecule has 0 aliphatic carbocycles. The standard InChI is InChI=1S/C17H17ClO4P.Li/c1-10-6-5-7-12(18)15(10)17(19)23-16-13(21-3)8-11(20-2)9-14(16)22-4;/h5-9H,1-4H3;/q-1;+1. The van der Waals surface area contributed by atoms with E-state index in [4.69, 9.17) is 25.8 Å². The first kappa shape index (κ1) is 20.9. The van der Waals surface area contributed by atoms with Crippen molar-refractivity contribution >= 4 is 31.0 Å². The number of carbonyl (C=O) groups is 1. The zero-order valence-electron chi connectivity index (χ0n) is 14.3. The maximum atomic E-state index is 12.7. The van der Waals surface area contributed by atoms with Gasteiger partial charge in [-0.1, -0.05) is 23.7 Å². The van der Waals surface area contributed by atoms with Gasteiger partial charge in [0, 0.05) is 28.2 Å². The normalized spacial score (nSPS) is 10.4. The second-order valence-electron chi connectivity index (χ2n) is 4.73. The Kier molecular flexibility index (Phi) is 8.13. The molecule has 24 heavy (non-hydrogen) atoms. The summed E-state index contributed by atoms with van der Waals surface area (Å²) in [6.45, 7) is 1.86. The Morgan fingerprint density at radius 2 is 1.62 bits per heavy atom. The molecule has 0 bridgehead atoms. The second kappa shape index (κ2) is 9.35. The van der Waals surface area contributed by atoms with Crippen LogP contribution in [0.2, 0.25) is 5.02 Å². The van der Waals surface area contributed by atoms with Gasteiger partial charge in [0.2, 0.25) is 0 Å². The molecule has 0 aliphatic heterocycles. The third kappa shape index (κ3) is 4.46. The summed E-state index contributed by atoms with van der Waals surface area (Å²) < 4.78 is 16.0. The third-order valence-corrected chi connectivity index (χ3v) is 4.74. The summed E-state index contributed by atoms with van der Waals surface area (Å²) in [4.78, 5) is 12.7. The largest absolute Gasteiger partial charge is 1.00 e. The zero-order valence-corrected chi connectivity index (χ0v) is 16.0. The molecule has 0 spiro atoms. The Hall–Kier alpha value is -1.17. The summed E-state index contributed by atoms with van der Waals surface area (Å²) in [5.74, 6) is 1.65. The molecule has 2 rings (SSSR count). The number of hydrogen-bond acceptors (Lipinski definition) is 4. The molecule has 0 atom stereocenters. The van der Waals surface area contributed by atoms with Crippen LogP contribution in [0.15, 0.2) is 30.3 Å². The SMILES string of the molecule is COc1cc(OC)c([P-]C(=O)c2c(C)cccc2Cl)c(OC)c1.[Li+]. The number of ether oxygens (including phenoxy) is 3. The molecular weight excluding hydrogens is 342 g/mol. The molecule has 0 fully saturated rings. The summed E-state index contributed by atoms with van der Waals surface area (Å²) in [7, 11) is 5.06. The molecule has 0 aliphatic rings. The van der Waals surface area contributed by atoms with Crippen molar-refractivity contribution in [2.24, 2.45) is 0 Å². The van der Waals surface area contributed by atoms with Crippen molar-refractivity contribution in [2.45, 2.75) is 6.92 Å². The van der Waals surface area contributed by atoms with E-state index in [1.54, 1.807) is 39.5 Å². The van der Waals surface area contributed by atoms with Crippen LogP contribution in [0.1, 0.15) is 15.9 Å². The quantitative estimate of drug-likeness (QED) is 0.573. The Labute approximate surface area is 160 Å². The van der Waals surface area contributed by atoms with Gasteiger partial charge in [0.1, 0.15) is 5.75 Å². The van der Waals surface area contributed by atoms with Gasteiger partial charge in [-0.05, 0) is 18.6 Å². The topological polar surface area (TPSA) is 44.8 Å². The van der Waals surface area contributed by atoms with E-state index in [0.717, 1.165) is 5.56 Å². The van der Waals surface area contributed by atoms with Gasteiger partial charge >= 0.3 is 18.9 Å². The maximum absolute atomic E-state index is 12.7. The van der Waals surface area contributed by atoms with Crippen LogP contribution in [0.3, 0.4) is 0 Å². The average Bonchev–Trinajstić information content (AvgIpc) is 2.54. The van der Waals surface area contributed by atoms with Crippen LogP contribution in [0.4, 0.5) is 0 Å². The fourth-order valence-corrected chi connectivity index (χ4v) is 3.67. The molecular formula is C17H17ClLiO4P. The number of hydrogen-bond donors (Lipinski definition) is 0. The van der Waals surface area contributed by atoms with Crippen molar-refractivity contribution < 1.29 is 37.9 Å². The van der Waals surface area contributed by atoms with Crippen LogP contribution in [0.5, 0.6) is 17.2 Å². The second-order valence-corrected chi connectivity index (χ2v) is 6.21. The maximum Gasteiger partial charge on any atom is 1.00 e. The van der Waals surface area contributed by atoms with E-state index in [9.17, 15) is 4.79 Å². The van der Waals surface area contributed by atoms with Gasteiger partial charge < -0.3 is 27.6 Å². The van der Waals surface area contributed by atoms with Crippen LogP contribution >= 0.6 is 20.2 Å². The number of aryl methyl sites for hydroxylation is 1. The molecule has 0 saturated carbocycles. The molecule has 0 aromatic heterocycles. The fraction of sp³-hybridized carbons (Fsp3) is 0.235. The van der Waals surface area contributed by atoms with Gasteiger partial charge in [0.25, 0.3) is 0 Å². The summed E-state index contributed by atoms with van der Waals surface area (Å²) in [5, 5.41) is 1.08. The fourth-order valence-electron chi connectivity index (χ4n) is 2.16. The molecule has 0 unspecified atom stereocenters. The van der Waals surface area contributed by atoms with Crippen molar-refractivity contribution in [3.05, 3.63) is 46.5 Å². The van der Waals surface area contributed by atoms with Gasteiger partial charge in [-0.25, -0.2) is 0 Å². The molecule has 7 heteroatoms. The first-order valence-electron chi connectivity index (χ1n) is 6.83. The van der Waals surface area contributed by atoms with Crippen LogP contribution in [0.25, 0.3) is 0 Å². The smallest absolute Gasteiger partial charge is 0.499 e. The van der Waals surface area contributed by atoms with E-state index in [0.29, 0.717) is 41.7 Å². The van der Waals surface area contributed by atoms with Crippen LogP contribution < -0.4 is 38.4 Å². The first-order valence-corrected chi connectivity index (χ1v) is 8.10. The molecule has 0 saturated heterocycles. The molecule has 4 nitrogen and oxygen atoms in total. The summed E-state index contributed by atoms with van der Waals surface area (Å²) in [6, 6.07) is 8.83. The van der Waals surface area contributed by atoms with Crippen molar-refractivity contribution in [3.63, 3.8) is 0 Å². The minimum atomic E-state index is -0.116. The van der Waals surface area contributed by atoms with Crippen molar-refractivity contribution in [2.75, 3.05) is 21.3 Å². The molecule has 0 radical (unpaired) electrons. The monoisotopic (exact) mass is 358 g/mol. The van der Waals surface area contributed by atoms with Crippen LogP contribution in [-0.2, 0) is 0 Å². The number of halogens is 1. The van der Waals surface area contributed by atoms with Gasteiger partial charge in [0.15, 0.2) is 0 Å². The van der Waals surface area contributed by atoms with E-state index in [1.165, 1.54) is 0 Å². The first-order chi connectivity index (χ1) is 11.0. The molecule has 122 valence electrons. The number of benzene rings is 2. The van der Waals surface area contributed by atoms with Crippen molar-refractivity contribution in [3.8, 4) is 17.2 Å². The van der Waals surface area contributed by atoms with Gasteiger partial charge in [0.05, 0.1) is 32.8 Å². The summed E-state index contributed by atoms with van der Waals surface area (Å²) in [6.07, 6.45) is 0. The van der Waals surface area contributed by atoms with Gasteiger partial charge in [-0.15, -0.1) is 5.30 Å². The van der Waals surface area contributed by atoms with E-state index >= 15 is 0 Å². The molecule has 0 heterocycles. The average molecular weight is 359 g/mol. The molecule has 0 N–H and O–H groups in total. The number of carbonyl (C=O) groups excluding carboxylic acids is 1. The Morgan fingerprint density at radius 1 is 1.04 bits per heavy atom. The Morgan fingerprint density at radius 3 is 2.08 bits per heavy atom. The van der Waals surface area contributed by atoms with E-state index in [1.807, 2.05) is 19.1 Å². The Balaban J connectivity index is 0.00000288. The van der Waals surface area contributed by atoms with Gasteiger partial charge in [-0.2, -0.15) is 0 Å². The minimum absolute atomic E-state index is 0. The van der Waals surface area contributed by atoms with Crippen LogP contribution in [-0.4, -0.2) is 26.9 Å². The predicted molar refractivity (Wildman–Crippen MR) is 93.2 cm³/mol. The van der Waals surface area contributed by atoms with E-state index in [2.05, 4.69) is 0 Å². The zero-order chi connectivity index (χ0) is 17.0. The van der Waals surface area contributed by atoms with E-state index < -0.39 is 0 Å². The molecule has 0 amide bonds. The molecule has 2 aromatic rings. The van der Waals surface area contributed by atoms with Crippen molar-refractivity contribution in [1.29, 1.82) is 0 Å². The van der Waals surface area contributed by atoms with Gasteiger partial charge in [-0.3, -0.25) is 0 Å². The number of methoxy groups -OCH3 is 3. The Bertz CT molecular complexity index is 691. The van der Waals surface area contributed by atoms with E-state index in [-0.39, 0.29) is 24.4 Å². The van der Waals surface area contributed by atoms with Crippen molar-refractivity contribution in [1.82, 2.24) is 0 Å². The summed E-state index contributed by atoms with van der Waals surface area (Å²) in [5.41, 5.74) is 1.23. The molecule has 2 aromatic carbocycles. The van der Waals surface area contributed by atoms with Crippen LogP contribution in [0, 0.1) is 6.92 Å². The minimum Gasteiger partial charge on any atom is -0.499 e.